The maximum atomic E-state index is 12.9. The summed E-state index contributed by atoms with van der Waals surface area (Å²) in [5.41, 5.74) is 0.610. The van der Waals surface area contributed by atoms with Gasteiger partial charge in [-0.1, -0.05) is 18.2 Å². The first-order chi connectivity index (χ1) is 16.0. The molecule has 1 N–H and O–H groups in total. The SMILES string of the molecule is COc1ccc(/C=C2\C(=O)NC(=O)N(C(C)(C)C)C2=O)cc1CN1C(=O)c2ccccc2C1=O. The van der Waals surface area contributed by atoms with Crippen molar-refractivity contribution in [3.63, 3.8) is 0 Å². The Morgan fingerprint density at radius 3 is 2.09 bits per heavy atom. The number of hydrogen-bond acceptors (Lipinski definition) is 6. The van der Waals surface area contributed by atoms with Crippen LogP contribution in [-0.4, -0.2) is 52.1 Å². The van der Waals surface area contributed by atoms with Gasteiger partial charge < -0.3 is 4.74 Å². The molecular weight excluding hydrogens is 438 g/mol. The minimum atomic E-state index is -0.836. The molecule has 2 aromatic rings. The van der Waals surface area contributed by atoms with Gasteiger partial charge in [-0.25, -0.2) is 4.79 Å². The van der Waals surface area contributed by atoms with E-state index in [0.717, 1.165) is 9.80 Å². The van der Waals surface area contributed by atoms with Crippen molar-refractivity contribution in [2.75, 3.05) is 7.11 Å². The summed E-state index contributed by atoms with van der Waals surface area (Å²) >= 11 is 0. The van der Waals surface area contributed by atoms with Gasteiger partial charge >= 0.3 is 6.03 Å². The minimum absolute atomic E-state index is 0.0563. The summed E-state index contributed by atoms with van der Waals surface area (Å²) in [6.07, 6.45) is 1.37. The van der Waals surface area contributed by atoms with Gasteiger partial charge in [-0.15, -0.1) is 0 Å². The maximum Gasteiger partial charge on any atom is 0.331 e. The quantitative estimate of drug-likeness (QED) is 0.426. The lowest BCUT2D eigenvalue weighted by molar-refractivity contribution is -0.133. The van der Waals surface area contributed by atoms with Crippen molar-refractivity contribution >= 4 is 35.7 Å². The molecule has 174 valence electrons. The number of nitrogens with one attached hydrogen (secondary N) is 1. The van der Waals surface area contributed by atoms with Gasteiger partial charge in [0, 0.05) is 11.1 Å². The normalized spacial score (nSPS) is 17.4. The molecule has 0 unspecified atom stereocenters. The lowest BCUT2D eigenvalue weighted by Gasteiger charge is -2.36. The number of methoxy groups -OCH3 is 1. The monoisotopic (exact) mass is 461 g/mol. The largest absolute Gasteiger partial charge is 0.496 e. The van der Waals surface area contributed by atoms with Crippen molar-refractivity contribution in [1.82, 2.24) is 15.1 Å². The van der Waals surface area contributed by atoms with E-state index in [4.69, 9.17) is 4.74 Å². The number of hydrogen-bond donors (Lipinski definition) is 1. The zero-order valence-corrected chi connectivity index (χ0v) is 19.2. The molecule has 1 fully saturated rings. The average Bonchev–Trinajstić information content (AvgIpc) is 3.01. The lowest BCUT2D eigenvalue weighted by atomic mass is 10.00. The molecule has 2 heterocycles. The van der Waals surface area contributed by atoms with Gasteiger partial charge in [0.25, 0.3) is 23.6 Å². The summed E-state index contributed by atoms with van der Waals surface area (Å²) in [5.74, 6) is -1.89. The van der Waals surface area contributed by atoms with Crippen LogP contribution >= 0.6 is 0 Å². The second kappa shape index (κ2) is 8.26. The van der Waals surface area contributed by atoms with Crippen molar-refractivity contribution in [1.29, 1.82) is 0 Å². The number of ether oxygens (including phenoxy) is 1. The Morgan fingerprint density at radius 2 is 1.53 bits per heavy atom. The number of rotatable bonds is 4. The Bertz CT molecular complexity index is 1250. The Balaban J connectivity index is 1.68. The molecule has 6 amide bonds. The average molecular weight is 461 g/mol. The highest BCUT2D eigenvalue weighted by atomic mass is 16.5. The summed E-state index contributed by atoms with van der Waals surface area (Å²) in [6.45, 7) is 5.00. The van der Waals surface area contributed by atoms with Gasteiger partial charge in [0.05, 0.1) is 24.8 Å². The molecule has 1 saturated heterocycles. The number of fused-ring (bicyclic) bond motifs is 1. The number of imide groups is 3. The summed E-state index contributed by atoms with van der Waals surface area (Å²) in [7, 11) is 1.46. The standard InChI is InChI=1S/C25H23N3O6/c1-25(2,3)28-23(32)18(20(29)26-24(28)33)12-14-9-10-19(34-4)15(11-14)13-27-21(30)16-7-5-6-8-17(16)22(27)31/h5-12H,13H2,1-4H3,(H,26,29,33)/b18-12+. The van der Waals surface area contributed by atoms with Gasteiger partial charge in [-0.05, 0) is 56.7 Å². The lowest BCUT2D eigenvalue weighted by Crippen LogP contribution is -2.60. The van der Waals surface area contributed by atoms with E-state index in [9.17, 15) is 24.0 Å². The molecule has 0 aliphatic carbocycles. The van der Waals surface area contributed by atoms with E-state index in [1.165, 1.54) is 13.2 Å². The fourth-order valence-corrected chi connectivity index (χ4v) is 4.00. The molecular formula is C25H23N3O6. The second-order valence-corrected chi connectivity index (χ2v) is 8.94. The Labute approximate surface area is 196 Å². The molecule has 0 spiro atoms. The van der Waals surface area contributed by atoms with Gasteiger partial charge in [0.2, 0.25) is 0 Å². The number of amides is 6. The van der Waals surface area contributed by atoms with Crippen molar-refractivity contribution in [3.05, 3.63) is 70.3 Å². The zero-order valence-electron chi connectivity index (χ0n) is 19.2. The van der Waals surface area contributed by atoms with Gasteiger partial charge in [-0.2, -0.15) is 0 Å². The molecule has 34 heavy (non-hydrogen) atoms. The van der Waals surface area contributed by atoms with Crippen molar-refractivity contribution in [2.24, 2.45) is 0 Å². The minimum Gasteiger partial charge on any atom is -0.496 e. The van der Waals surface area contributed by atoms with Crippen LogP contribution in [0.15, 0.2) is 48.0 Å². The number of benzene rings is 2. The third kappa shape index (κ3) is 3.85. The number of barbiturate groups is 1. The van der Waals surface area contributed by atoms with E-state index in [1.54, 1.807) is 63.2 Å². The molecule has 0 radical (unpaired) electrons. The van der Waals surface area contributed by atoms with E-state index < -0.39 is 35.2 Å². The fraction of sp³-hybridized carbons (Fsp3) is 0.240. The van der Waals surface area contributed by atoms with Gasteiger partial charge in [-0.3, -0.25) is 34.3 Å². The van der Waals surface area contributed by atoms with E-state index in [1.807, 2.05) is 0 Å². The first-order valence-corrected chi connectivity index (χ1v) is 10.6. The Hall–Kier alpha value is -4.27. The van der Waals surface area contributed by atoms with E-state index in [-0.39, 0.29) is 12.1 Å². The van der Waals surface area contributed by atoms with Crippen LogP contribution < -0.4 is 10.1 Å². The third-order valence-corrected chi connectivity index (χ3v) is 5.59. The molecule has 2 aromatic carbocycles. The molecule has 0 saturated carbocycles. The molecule has 0 bridgehead atoms. The fourth-order valence-electron chi connectivity index (χ4n) is 4.00. The number of carbonyl (C=O) groups is 5. The van der Waals surface area contributed by atoms with Crippen molar-refractivity contribution < 1.29 is 28.7 Å². The topological polar surface area (TPSA) is 113 Å². The number of urea groups is 1. The van der Waals surface area contributed by atoms with Crippen LogP contribution in [0.3, 0.4) is 0 Å². The Morgan fingerprint density at radius 1 is 0.912 bits per heavy atom. The highest BCUT2D eigenvalue weighted by molar-refractivity contribution is 6.31. The highest BCUT2D eigenvalue weighted by Gasteiger charge is 2.41. The zero-order chi connectivity index (χ0) is 24.8. The molecule has 0 aromatic heterocycles. The summed E-state index contributed by atoms with van der Waals surface area (Å²) in [4.78, 5) is 65.2. The van der Waals surface area contributed by atoms with E-state index in [0.29, 0.717) is 28.0 Å². The van der Waals surface area contributed by atoms with E-state index >= 15 is 0 Å². The highest BCUT2D eigenvalue weighted by Crippen LogP contribution is 2.29. The summed E-state index contributed by atoms with van der Waals surface area (Å²) in [5, 5.41) is 2.19. The summed E-state index contributed by atoms with van der Waals surface area (Å²) in [6, 6.07) is 10.7. The first-order valence-electron chi connectivity index (χ1n) is 10.6. The van der Waals surface area contributed by atoms with Crippen LogP contribution in [0.4, 0.5) is 4.79 Å². The maximum absolute atomic E-state index is 12.9. The Kier molecular flexibility index (Phi) is 5.56. The predicted molar refractivity (Wildman–Crippen MR) is 122 cm³/mol. The van der Waals surface area contributed by atoms with Gasteiger partial charge in [0.1, 0.15) is 11.3 Å². The van der Waals surface area contributed by atoms with E-state index in [2.05, 4.69) is 5.32 Å². The first kappa shape index (κ1) is 22.9. The van der Waals surface area contributed by atoms with Crippen LogP contribution in [0.1, 0.15) is 52.6 Å². The van der Waals surface area contributed by atoms with Crippen LogP contribution in [0.2, 0.25) is 0 Å². The van der Waals surface area contributed by atoms with Crippen LogP contribution in [0.5, 0.6) is 5.75 Å². The van der Waals surface area contributed by atoms with Crippen LogP contribution in [0.25, 0.3) is 6.08 Å². The number of carbonyl (C=O) groups excluding carboxylic acids is 5. The molecule has 2 aliphatic heterocycles. The molecule has 4 rings (SSSR count). The molecule has 9 nitrogen and oxygen atoms in total. The third-order valence-electron chi connectivity index (χ3n) is 5.59. The molecule has 9 heteroatoms. The molecule has 0 atom stereocenters. The number of nitrogens with zero attached hydrogens (tertiary/aromatic N) is 2. The second-order valence-electron chi connectivity index (χ2n) is 8.94. The van der Waals surface area contributed by atoms with Crippen LogP contribution in [0, 0.1) is 0 Å². The van der Waals surface area contributed by atoms with Crippen molar-refractivity contribution in [2.45, 2.75) is 32.9 Å². The summed E-state index contributed by atoms with van der Waals surface area (Å²) < 4.78 is 5.40. The van der Waals surface area contributed by atoms with Gasteiger partial charge in [0.15, 0.2) is 0 Å². The molecule has 2 aliphatic rings. The predicted octanol–water partition coefficient (Wildman–Crippen LogP) is 2.75. The van der Waals surface area contributed by atoms with Crippen LogP contribution in [-0.2, 0) is 16.1 Å². The van der Waals surface area contributed by atoms with Crippen molar-refractivity contribution in [3.8, 4) is 5.75 Å². The smallest absolute Gasteiger partial charge is 0.331 e.